The molecule has 0 saturated carbocycles. The van der Waals surface area contributed by atoms with Gasteiger partial charge in [0.25, 0.3) is 0 Å². The first-order valence-corrected chi connectivity index (χ1v) is 6.44. The maximum absolute atomic E-state index is 12.6. The molecule has 3 aromatic rings. The van der Waals surface area contributed by atoms with E-state index in [0.717, 1.165) is 22.6 Å². The van der Waals surface area contributed by atoms with Crippen LogP contribution in [0.3, 0.4) is 0 Å². The zero-order valence-electron chi connectivity index (χ0n) is 9.88. The molecule has 2 nitrogen and oxygen atoms in total. The van der Waals surface area contributed by atoms with E-state index in [1.165, 1.54) is 17.4 Å². The number of halogens is 3. The highest BCUT2D eigenvalue weighted by Crippen LogP contribution is 2.33. The molecule has 1 N–H and O–H groups in total. The van der Waals surface area contributed by atoms with Crippen LogP contribution in [0, 0.1) is 6.92 Å². The maximum atomic E-state index is 12.6. The van der Waals surface area contributed by atoms with Crippen LogP contribution in [-0.2, 0) is 6.18 Å². The Bertz CT molecular complexity index is 740. The highest BCUT2D eigenvalue weighted by atomic mass is 32.1. The lowest BCUT2D eigenvalue weighted by Crippen LogP contribution is -2.04. The maximum Gasteiger partial charge on any atom is 0.416 e. The molecule has 0 saturated heterocycles. The molecule has 2 aromatic heterocycles. The van der Waals surface area contributed by atoms with Crippen LogP contribution in [0.25, 0.3) is 21.7 Å². The van der Waals surface area contributed by atoms with Crippen molar-refractivity contribution in [3.63, 3.8) is 0 Å². The van der Waals surface area contributed by atoms with Crippen LogP contribution >= 0.6 is 11.3 Å². The van der Waals surface area contributed by atoms with E-state index in [0.29, 0.717) is 16.9 Å². The molecule has 0 aliphatic heterocycles. The topological polar surface area (TPSA) is 28.7 Å². The Morgan fingerprint density at radius 2 is 2.00 bits per heavy atom. The first-order chi connectivity index (χ1) is 8.95. The summed E-state index contributed by atoms with van der Waals surface area (Å²) in [6.07, 6.45) is -4.34. The van der Waals surface area contributed by atoms with Crippen molar-refractivity contribution < 1.29 is 13.2 Å². The number of thiophene rings is 1. The number of aromatic amines is 1. The fourth-order valence-corrected chi connectivity index (χ4v) is 2.78. The second kappa shape index (κ2) is 4.09. The van der Waals surface area contributed by atoms with Crippen molar-refractivity contribution in [3.8, 4) is 10.7 Å². The van der Waals surface area contributed by atoms with E-state index in [4.69, 9.17) is 0 Å². The van der Waals surface area contributed by atoms with Gasteiger partial charge in [0, 0.05) is 0 Å². The van der Waals surface area contributed by atoms with Crippen LogP contribution in [0.15, 0.2) is 29.6 Å². The van der Waals surface area contributed by atoms with E-state index in [9.17, 15) is 13.2 Å². The van der Waals surface area contributed by atoms with Crippen LogP contribution in [-0.4, -0.2) is 9.97 Å². The molecule has 0 fully saturated rings. The van der Waals surface area contributed by atoms with Crippen LogP contribution in [0.5, 0.6) is 0 Å². The summed E-state index contributed by atoms with van der Waals surface area (Å²) in [5.74, 6) is 0.613. The van der Waals surface area contributed by atoms with Gasteiger partial charge in [-0.1, -0.05) is 0 Å². The van der Waals surface area contributed by atoms with Crippen molar-refractivity contribution in [2.75, 3.05) is 0 Å². The first-order valence-electron chi connectivity index (χ1n) is 5.56. The predicted octanol–water partition coefficient (Wildman–Crippen LogP) is 4.62. The van der Waals surface area contributed by atoms with Gasteiger partial charge in [-0.05, 0) is 42.1 Å². The van der Waals surface area contributed by atoms with E-state index in [2.05, 4.69) is 9.97 Å². The zero-order chi connectivity index (χ0) is 13.6. The second-order valence-corrected chi connectivity index (χ2v) is 5.16. The molecule has 3 rings (SSSR count). The molecule has 0 radical (unpaired) electrons. The molecule has 0 amide bonds. The number of alkyl halides is 3. The minimum Gasteiger partial charge on any atom is -0.337 e. The Morgan fingerprint density at radius 1 is 1.21 bits per heavy atom. The minimum absolute atomic E-state index is 0.401. The van der Waals surface area contributed by atoms with Gasteiger partial charge in [-0.25, -0.2) is 4.98 Å². The molecule has 2 heterocycles. The van der Waals surface area contributed by atoms with Gasteiger partial charge in [0.05, 0.1) is 21.5 Å². The van der Waals surface area contributed by atoms with Gasteiger partial charge in [0.15, 0.2) is 0 Å². The Balaban J connectivity index is 2.14. The average Bonchev–Trinajstić information content (AvgIpc) is 2.91. The summed E-state index contributed by atoms with van der Waals surface area (Å²) in [4.78, 5) is 8.23. The third kappa shape index (κ3) is 2.12. The Kier molecular flexibility index (Phi) is 2.63. The van der Waals surface area contributed by atoms with Crippen molar-refractivity contribution in [2.45, 2.75) is 13.1 Å². The Hall–Kier alpha value is -1.82. The fraction of sp³-hybridized carbons (Fsp3) is 0.154. The number of imidazole rings is 1. The van der Waals surface area contributed by atoms with Crippen molar-refractivity contribution in [1.82, 2.24) is 9.97 Å². The number of benzene rings is 1. The minimum atomic E-state index is -4.34. The van der Waals surface area contributed by atoms with E-state index >= 15 is 0 Å². The Morgan fingerprint density at radius 3 is 2.63 bits per heavy atom. The molecular formula is C13H9F3N2S. The van der Waals surface area contributed by atoms with Crippen LogP contribution < -0.4 is 0 Å². The molecule has 0 spiro atoms. The van der Waals surface area contributed by atoms with E-state index < -0.39 is 11.7 Å². The molecule has 6 heteroatoms. The zero-order valence-corrected chi connectivity index (χ0v) is 10.7. The first kappa shape index (κ1) is 12.2. The second-order valence-electron chi connectivity index (χ2n) is 4.25. The number of nitrogens with zero attached hydrogens (tertiary/aromatic N) is 1. The van der Waals surface area contributed by atoms with Gasteiger partial charge >= 0.3 is 6.18 Å². The molecule has 0 unspecified atom stereocenters. The van der Waals surface area contributed by atoms with E-state index in [-0.39, 0.29) is 0 Å². The molecule has 0 atom stereocenters. The third-order valence-corrected chi connectivity index (χ3v) is 3.91. The summed E-state index contributed by atoms with van der Waals surface area (Å²) in [7, 11) is 0. The van der Waals surface area contributed by atoms with Crippen molar-refractivity contribution >= 4 is 22.4 Å². The number of nitrogens with one attached hydrogen (secondary N) is 1. The number of fused-ring (bicyclic) bond motifs is 1. The quantitative estimate of drug-likeness (QED) is 0.693. The van der Waals surface area contributed by atoms with Gasteiger partial charge in [-0.15, -0.1) is 11.3 Å². The molecular weight excluding hydrogens is 273 g/mol. The van der Waals surface area contributed by atoms with E-state index in [1.54, 1.807) is 0 Å². The van der Waals surface area contributed by atoms with Gasteiger partial charge < -0.3 is 4.98 Å². The number of aromatic nitrogens is 2. The smallest absolute Gasteiger partial charge is 0.337 e. The fourth-order valence-electron chi connectivity index (χ4n) is 1.91. The number of hydrogen-bond donors (Lipinski definition) is 1. The summed E-state index contributed by atoms with van der Waals surface area (Å²) < 4.78 is 37.9. The largest absolute Gasteiger partial charge is 0.416 e. The summed E-state index contributed by atoms with van der Waals surface area (Å²) in [5.41, 5.74) is 1.33. The highest BCUT2D eigenvalue weighted by Gasteiger charge is 2.30. The molecule has 0 aliphatic carbocycles. The lowest BCUT2D eigenvalue weighted by Gasteiger charge is -2.05. The standard InChI is InChI=1S/C13H9F3N2S/c1-7-4-5-19-11(7)12-17-9-3-2-8(13(14,15)16)6-10(9)18-12/h2-6H,1H3,(H,17,18). The van der Waals surface area contributed by atoms with Gasteiger partial charge in [-0.3, -0.25) is 0 Å². The molecule has 0 bridgehead atoms. The SMILES string of the molecule is Cc1ccsc1-c1nc2ccc(C(F)(F)F)cc2[nH]1. The third-order valence-electron chi connectivity index (χ3n) is 2.89. The van der Waals surface area contributed by atoms with Gasteiger partial charge in [-0.2, -0.15) is 13.2 Å². The van der Waals surface area contributed by atoms with Crippen molar-refractivity contribution in [1.29, 1.82) is 0 Å². The molecule has 98 valence electrons. The summed E-state index contributed by atoms with van der Waals surface area (Å²) in [6.45, 7) is 1.94. The number of aryl methyl sites for hydroxylation is 1. The van der Waals surface area contributed by atoms with Crippen LogP contribution in [0.1, 0.15) is 11.1 Å². The summed E-state index contributed by atoms with van der Waals surface area (Å²) in [6, 6.07) is 5.48. The summed E-state index contributed by atoms with van der Waals surface area (Å²) in [5, 5.41) is 1.93. The Labute approximate surface area is 110 Å². The predicted molar refractivity (Wildman–Crippen MR) is 69.1 cm³/mol. The normalized spacial score (nSPS) is 12.2. The van der Waals surface area contributed by atoms with Gasteiger partial charge in [0.2, 0.25) is 0 Å². The van der Waals surface area contributed by atoms with Crippen LogP contribution in [0.2, 0.25) is 0 Å². The van der Waals surface area contributed by atoms with E-state index in [1.807, 2.05) is 18.4 Å². The highest BCUT2D eigenvalue weighted by molar-refractivity contribution is 7.13. The lowest BCUT2D eigenvalue weighted by atomic mass is 10.2. The average molecular weight is 282 g/mol. The number of rotatable bonds is 1. The number of hydrogen-bond acceptors (Lipinski definition) is 2. The summed E-state index contributed by atoms with van der Waals surface area (Å²) >= 11 is 1.51. The van der Waals surface area contributed by atoms with Crippen LogP contribution in [0.4, 0.5) is 13.2 Å². The molecule has 0 aliphatic rings. The molecule has 19 heavy (non-hydrogen) atoms. The van der Waals surface area contributed by atoms with Crippen molar-refractivity contribution in [2.24, 2.45) is 0 Å². The number of H-pyrrole nitrogens is 1. The lowest BCUT2D eigenvalue weighted by molar-refractivity contribution is -0.137. The monoisotopic (exact) mass is 282 g/mol. The van der Waals surface area contributed by atoms with Crippen molar-refractivity contribution in [3.05, 3.63) is 40.8 Å². The molecule has 1 aromatic carbocycles. The van der Waals surface area contributed by atoms with Gasteiger partial charge in [0.1, 0.15) is 5.82 Å².